The Balaban J connectivity index is 1.50. The van der Waals surface area contributed by atoms with Gasteiger partial charge in [-0.05, 0) is 49.9 Å². The summed E-state index contributed by atoms with van der Waals surface area (Å²) in [4.78, 5) is 34.1. The Bertz CT molecular complexity index is 1100. The number of aromatic nitrogens is 2. The third kappa shape index (κ3) is 6.11. The van der Waals surface area contributed by atoms with E-state index < -0.39 is 0 Å². The molecule has 8 heteroatoms. The lowest BCUT2D eigenvalue weighted by Crippen LogP contribution is -2.30. The molecule has 1 amide bonds. The summed E-state index contributed by atoms with van der Waals surface area (Å²) >= 11 is 2.98. The maximum absolute atomic E-state index is 12.5. The Morgan fingerprint density at radius 3 is 2.61 bits per heavy atom. The van der Waals surface area contributed by atoms with E-state index in [0.29, 0.717) is 36.0 Å². The average Bonchev–Trinajstić information content (AvgIpc) is 3.03. The van der Waals surface area contributed by atoms with E-state index in [4.69, 9.17) is 4.74 Å². The van der Waals surface area contributed by atoms with Gasteiger partial charge in [0, 0.05) is 11.4 Å². The van der Waals surface area contributed by atoms with Gasteiger partial charge < -0.3 is 15.0 Å². The van der Waals surface area contributed by atoms with Crippen molar-refractivity contribution in [2.45, 2.75) is 52.2 Å². The van der Waals surface area contributed by atoms with Crippen LogP contribution in [0.2, 0.25) is 0 Å². The van der Waals surface area contributed by atoms with Crippen LogP contribution < -0.4 is 15.6 Å². The van der Waals surface area contributed by atoms with Crippen molar-refractivity contribution in [1.29, 1.82) is 0 Å². The molecule has 2 heterocycles. The lowest BCUT2D eigenvalue weighted by molar-refractivity contribution is -0.120. The molecule has 0 fully saturated rings. The number of ether oxygens (including phenoxy) is 1. The summed E-state index contributed by atoms with van der Waals surface area (Å²) in [6.07, 6.45) is 0. The molecule has 0 aliphatic heterocycles. The first-order valence-electron chi connectivity index (χ1n) is 10.3. The number of hydrogen-bond donors (Lipinski definition) is 2. The molecule has 31 heavy (non-hydrogen) atoms. The molecule has 2 N–H and O–H groups in total. The summed E-state index contributed by atoms with van der Waals surface area (Å²) in [6.45, 7) is 11.2. The third-order valence-electron chi connectivity index (χ3n) is 4.90. The molecule has 0 saturated heterocycles. The molecule has 0 aliphatic rings. The minimum Gasteiger partial charge on any atom is -0.493 e. The molecule has 0 saturated carbocycles. The van der Waals surface area contributed by atoms with Crippen LogP contribution in [0.25, 0.3) is 10.2 Å². The van der Waals surface area contributed by atoms with Gasteiger partial charge in [-0.2, -0.15) is 0 Å². The first-order chi connectivity index (χ1) is 14.7. The van der Waals surface area contributed by atoms with Crippen molar-refractivity contribution in [1.82, 2.24) is 15.3 Å². The summed E-state index contributed by atoms with van der Waals surface area (Å²) in [5.41, 5.74) is 1.89. The Morgan fingerprint density at radius 1 is 1.23 bits per heavy atom. The van der Waals surface area contributed by atoms with Crippen LogP contribution in [0.1, 0.15) is 42.6 Å². The molecular formula is C23H29N3O3S2. The van der Waals surface area contributed by atoms with E-state index >= 15 is 0 Å². The molecule has 0 aliphatic carbocycles. The second-order valence-corrected chi connectivity index (χ2v) is 10.5. The van der Waals surface area contributed by atoms with Crippen LogP contribution in [0.3, 0.4) is 0 Å². The maximum Gasteiger partial charge on any atom is 0.259 e. The monoisotopic (exact) mass is 459 g/mol. The number of nitrogens with zero attached hydrogens (tertiary/aromatic N) is 1. The standard InChI is InChI=1S/C23H29N3O3S2/c1-13(2)11-29-18-8-6-17(7-9-18)10-24-21(27)16(5)30-12-19-25-22(28)20-14(3)15(4)31-23(20)26-19/h6-9,13,16H,10-12H2,1-5H3,(H,24,27)(H,25,26,28). The highest BCUT2D eigenvalue weighted by atomic mass is 32.2. The molecule has 3 aromatic rings. The minimum atomic E-state index is -0.263. The Kier molecular flexibility index (Phi) is 7.78. The smallest absolute Gasteiger partial charge is 0.259 e. The molecule has 6 nitrogen and oxygen atoms in total. The van der Waals surface area contributed by atoms with Gasteiger partial charge in [0.2, 0.25) is 5.91 Å². The highest BCUT2D eigenvalue weighted by Crippen LogP contribution is 2.26. The van der Waals surface area contributed by atoms with Crippen LogP contribution in [0, 0.1) is 19.8 Å². The molecule has 1 aromatic carbocycles. The van der Waals surface area contributed by atoms with Gasteiger partial charge in [-0.15, -0.1) is 23.1 Å². The van der Waals surface area contributed by atoms with Crippen molar-refractivity contribution in [3.63, 3.8) is 0 Å². The molecule has 2 aromatic heterocycles. The topological polar surface area (TPSA) is 84.1 Å². The number of nitrogens with one attached hydrogen (secondary N) is 2. The summed E-state index contributed by atoms with van der Waals surface area (Å²) in [5.74, 6) is 2.34. The lowest BCUT2D eigenvalue weighted by Gasteiger charge is -2.12. The van der Waals surface area contributed by atoms with Gasteiger partial charge in [0.25, 0.3) is 5.56 Å². The lowest BCUT2D eigenvalue weighted by atomic mass is 10.2. The molecular weight excluding hydrogens is 430 g/mol. The van der Waals surface area contributed by atoms with Crippen LogP contribution in [0.5, 0.6) is 5.75 Å². The number of H-pyrrole nitrogens is 1. The van der Waals surface area contributed by atoms with Crippen LogP contribution >= 0.6 is 23.1 Å². The Morgan fingerprint density at radius 2 is 1.94 bits per heavy atom. The second-order valence-electron chi connectivity index (χ2n) is 8.00. The van der Waals surface area contributed by atoms with E-state index in [1.54, 1.807) is 0 Å². The molecule has 0 radical (unpaired) electrons. The van der Waals surface area contributed by atoms with Crippen molar-refractivity contribution in [2.75, 3.05) is 6.61 Å². The quantitative estimate of drug-likeness (QED) is 0.490. The summed E-state index contributed by atoms with van der Waals surface area (Å²) in [7, 11) is 0. The second kappa shape index (κ2) is 10.3. The first kappa shape index (κ1) is 23.3. The molecule has 1 unspecified atom stereocenters. The van der Waals surface area contributed by atoms with Gasteiger partial charge in [-0.3, -0.25) is 9.59 Å². The van der Waals surface area contributed by atoms with Crippen LogP contribution in [0.15, 0.2) is 29.1 Å². The van der Waals surface area contributed by atoms with Gasteiger partial charge in [0.15, 0.2) is 0 Å². The van der Waals surface area contributed by atoms with Crippen LogP contribution in [-0.2, 0) is 17.1 Å². The zero-order chi connectivity index (χ0) is 22.5. The highest BCUT2D eigenvalue weighted by Gasteiger charge is 2.16. The number of benzene rings is 1. The Labute approximate surface area is 190 Å². The van der Waals surface area contributed by atoms with E-state index in [0.717, 1.165) is 26.6 Å². The van der Waals surface area contributed by atoms with E-state index in [1.165, 1.54) is 23.1 Å². The van der Waals surface area contributed by atoms with Gasteiger partial charge in [0.05, 0.1) is 23.0 Å². The SMILES string of the molecule is Cc1sc2nc(CSC(C)C(=O)NCc3ccc(OCC(C)C)cc3)[nH]c(=O)c2c1C. The number of fused-ring (bicyclic) bond motifs is 1. The van der Waals surface area contributed by atoms with Crippen molar-refractivity contribution >= 4 is 39.2 Å². The van der Waals surface area contributed by atoms with Gasteiger partial charge in [0.1, 0.15) is 16.4 Å². The fourth-order valence-electron chi connectivity index (χ4n) is 2.95. The summed E-state index contributed by atoms with van der Waals surface area (Å²) in [5, 5.41) is 3.37. The van der Waals surface area contributed by atoms with Gasteiger partial charge >= 0.3 is 0 Å². The van der Waals surface area contributed by atoms with Gasteiger partial charge in [-0.1, -0.05) is 26.0 Å². The zero-order valence-corrected chi connectivity index (χ0v) is 20.2. The predicted octanol–water partition coefficient (Wildman–Crippen LogP) is 4.57. The van der Waals surface area contributed by atoms with E-state index in [-0.39, 0.29) is 16.7 Å². The minimum absolute atomic E-state index is 0.0450. The predicted molar refractivity (Wildman–Crippen MR) is 129 cm³/mol. The first-order valence-corrected chi connectivity index (χ1v) is 12.2. The molecule has 166 valence electrons. The number of thioether (sulfide) groups is 1. The number of hydrogen-bond acceptors (Lipinski definition) is 6. The molecule has 0 spiro atoms. The fourth-order valence-corrected chi connectivity index (χ4v) is 4.77. The number of aryl methyl sites for hydroxylation is 2. The summed E-state index contributed by atoms with van der Waals surface area (Å²) in [6, 6.07) is 7.77. The van der Waals surface area contributed by atoms with Crippen molar-refractivity contribution in [3.8, 4) is 5.75 Å². The Hall–Kier alpha value is -2.32. The fraction of sp³-hybridized carbons (Fsp3) is 0.435. The number of carbonyl (C=O) groups excluding carboxylic acids is 1. The van der Waals surface area contributed by atoms with Crippen molar-refractivity contribution < 1.29 is 9.53 Å². The molecule has 1 atom stereocenters. The van der Waals surface area contributed by atoms with E-state index in [2.05, 4.69) is 29.1 Å². The number of thiophene rings is 1. The van der Waals surface area contributed by atoms with Crippen molar-refractivity contribution in [3.05, 3.63) is 56.4 Å². The largest absolute Gasteiger partial charge is 0.493 e. The molecule has 0 bridgehead atoms. The number of aromatic amines is 1. The van der Waals surface area contributed by atoms with Crippen LogP contribution in [-0.4, -0.2) is 27.7 Å². The third-order valence-corrected chi connectivity index (χ3v) is 7.16. The van der Waals surface area contributed by atoms with E-state index in [9.17, 15) is 9.59 Å². The normalized spacial score (nSPS) is 12.3. The van der Waals surface area contributed by atoms with Gasteiger partial charge in [-0.25, -0.2) is 4.98 Å². The van der Waals surface area contributed by atoms with E-state index in [1.807, 2.05) is 45.0 Å². The molecule has 3 rings (SSSR count). The maximum atomic E-state index is 12.5. The summed E-state index contributed by atoms with van der Waals surface area (Å²) < 4.78 is 5.68. The van der Waals surface area contributed by atoms with Crippen molar-refractivity contribution in [2.24, 2.45) is 5.92 Å². The average molecular weight is 460 g/mol. The zero-order valence-electron chi connectivity index (χ0n) is 18.6. The van der Waals surface area contributed by atoms with Crippen LogP contribution in [0.4, 0.5) is 0 Å². The number of rotatable bonds is 9. The number of carbonyl (C=O) groups is 1. The highest BCUT2D eigenvalue weighted by molar-refractivity contribution is 7.99. The number of amides is 1.